The van der Waals surface area contributed by atoms with Gasteiger partial charge in [-0.3, -0.25) is 4.79 Å². The second-order valence-corrected chi connectivity index (χ2v) is 5.33. The maximum absolute atomic E-state index is 12.2. The van der Waals surface area contributed by atoms with Crippen LogP contribution in [-0.2, 0) is 4.79 Å². The fraction of sp³-hybridized carbons (Fsp3) is 0.786. The number of rotatable bonds is 4. The van der Waals surface area contributed by atoms with Crippen LogP contribution in [0.1, 0.15) is 51.4 Å². The molecule has 2 heterocycles. The molecular weight excluding hydrogens is 212 g/mol. The molecule has 2 fully saturated rings. The summed E-state index contributed by atoms with van der Waals surface area (Å²) >= 11 is 0. The van der Waals surface area contributed by atoms with Gasteiger partial charge in [0.2, 0.25) is 5.91 Å². The Balaban J connectivity index is 1.82. The predicted molar refractivity (Wildman–Crippen MR) is 68.2 cm³/mol. The molecule has 2 bridgehead atoms. The lowest BCUT2D eigenvalue weighted by molar-refractivity contribution is -0.135. The Bertz CT molecular complexity index is 307. The SMILES string of the molecule is C#CCCCCC(=O)N1C2CCC1CC(N)C2. The van der Waals surface area contributed by atoms with Crippen LogP contribution in [0.5, 0.6) is 0 Å². The molecule has 2 aliphatic rings. The second kappa shape index (κ2) is 5.55. The smallest absolute Gasteiger partial charge is 0.223 e. The van der Waals surface area contributed by atoms with Crippen molar-refractivity contribution in [1.29, 1.82) is 0 Å². The maximum atomic E-state index is 12.2. The third-order valence-corrected chi connectivity index (χ3v) is 4.02. The highest BCUT2D eigenvalue weighted by Gasteiger charge is 2.41. The number of fused-ring (bicyclic) bond motifs is 2. The molecule has 2 atom stereocenters. The van der Waals surface area contributed by atoms with Gasteiger partial charge in [-0.05, 0) is 38.5 Å². The molecule has 3 nitrogen and oxygen atoms in total. The van der Waals surface area contributed by atoms with Crippen LogP contribution in [0.2, 0.25) is 0 Å². The minimum Gasteiger partial charge on any atom is -0.337 e. The van der Waals surface area contributed by atoms with E-state index in [0.29, 0.717) is 30.5 Å². The Morgan fingerprint density at radius 2 is 1.94 bits per heavy atom. The van der Waals surface area contributed by atoms with E-state index in [-0.39, 0.29) is 0 Å². The zero-order valence-electron chi connectivity index (χ0n) is 10.4. The minimum absolute atomic E-state index is 0.304. The Labute approximate surface area is 104 Å². The first kappa shape index (κ1) is 12.4. The van der Waals surface area contributed by atoms with Gasteiger partial charge in [-0.2, -0.15) is 0 Å². The number of nitrogens with zero attached hydrogens (tertiary/aromatic N) is 1. The van der Waals surface area contributed by atoms with Gasteiger partial charge < -0.3 is 10.6 Å². The predicted octanol–water partition coefficient (Wildman–Crippen LogP) is 1.66. The van der Waals surface area contributed by atoms with Crippen molar-refractivity contribution in [2.75, 3.05) is 0 Å². The summed E-state index contributed by atoms with van der Waals surface area (Å²) in [5.74, 6) is 2.94. The summed E-state index contributed by atoms with van der Waals surface area (Å²) in [7, 11) is 0. The molecule has 3 heteroatoms. The summed E-state index contributed by atoms with van der Waals surface area (Å²) in [6.07, 6.45) is 12.8. The van der Waals surface area contributed by atoms with Crippen molar-refractivity contribution in [3.63, 3.8) is 0 Å². The van der Waals surface area contributed by atoms with Crippen molar-refractivity contribution in [3.8, 4) is 12.3 Å². The molecule has 2 N–H and O–H groups in total. The first-order valence-electron chi connectivity index (χ1n) is 6.72. The fourth-order valence-corrected chi connectivity index (χ4v) is 3.26. The van der Waals surface area contributed by atoms with Gasteiger partial charge in [0.15, 0.2) is 0 Å². The quantitative estimate of drug-likeness (QED) is 0.594. The van der Waals surface area contributed by atoms with Crippen molar-refractivity contribution in [1.82, 2.24) is 4.90 Å². The third kappa shape index (κ3) is 2.81. The summed E-state index contributed by atoms with van der Waals surface area (Å²) in [5.41, 5.74) is 6.00. The highest BCUT2D eigenvalue weighted by Crippen LogP contribution is 2.35. The summed E-state index contributed by atoms with van der Waals surface area (Å²) in [6.45, 7) is 0. The van der Waals surface area contributed by atoms with E-state index in [4.69, 9.17) is 12.2 Å². The Morgan fingerprint density at radius 3 is 2.53 bits per heavy atom. The van der Waals surface area contributed by atoms with Crippen molar-refractivity contribution < 1.29 is 4.79 Å². The number of piperidine rings is 1. The molecule has 0 radical (unpaired) electrons. The molecule has 1 amide bonds. The van der Waals surface area contributed by atoms with Crippen LogP contribution in [0.3, 0.4) is 0 Å². The zero-order valence-corrected chi connectivity index (χ0v) is 10.4. The van der Waals surface area contributed by atoms with E-state index in [1.807, 2.05) is 0 Å². The van der Waals surface area contributed by atoms with Gasteiger partial charge >= 0.3 is 0 Å². The van der Waals surface area contributed by atoms with E-state index < -0.39 is 0 Å². The van der Waals surface area contributed by atoms with Crippen LogP contribution in [0.25, 0.3) is 0 Å². The van der Waals surface area contributed by atoms with Gasteiger partial charge in [-0.1, -0.05) is 0 Å². The molecule has 0 aromatic heterocycles. The first-order valence-corrected chi connectivity index (χ1v) is 6.72. The molecule has 94 valence electrons. The normalized spacial score (nSPS) is 31.3. The number of nitrogens with two attached hydrogens (primary N) is 1. The number of terminal acetylenes is 1. The fourth-order valence-electron chi connectivity index (χ4n) is 3.26. The molecule has 2 aliphatic heterocycles. The Hall–Kier alpha value is -1.01. The number of carbonyl (C=O) groups is 1. The van der Waals surface area contributed by atoms with Crippen LogP contribution in [0.15, 0.2) is 0 Å². The van der Waals surface area contributed by atoms with Gasteiger partial charge in [-0.15, -0.1) is 12.3 Å². The molecule has 0 saturated carbocycles. The van der Waals surface area contributed by atoms with Gasteiger partial charge in [0.25, 0.3) is 0 Å². The van der Waals surface area contributed by atoms with E-state index in [0.717, 1.165) is 44.9 Å². The minimum atomic E-state index is 0.304. The first-order chi connectivity index (χ1) is 8.22. The second-order valence-electron chi connectivity index (χ2n) is 5.33. The summed E-state index contributed by atoms with van der Waals surface area (Å²) in [6, 6.07) is 1.14. The summed E-state index contributed by atoms with van der Waals surface area (Å²) < 4.78 is 0. The van der Waals surface area contributed by atoms with E-state index in [1.54, 1.807) is 0 Å². The molecule has 2 saturated heterocycles. The maximum Gasteiger partial charge on any atom is 0.223 e. The molecule has 0 aromatic carbocycles. The summed E-state index contributed by atoms with van der Waals surface area (Å²) in [4.78, 5) is 14.3. The zero-order chi connectivity index (χ0) is 12.3. The van der Waals surface area contributed by atoms with E-state index in [1.165, 1.54) is 0 Å². The van der Waals surface area contributed by atoms with Gasteiger partial charge in [0.1, 0.15) is 0 Å². The van der Waals surface area contributed by atoms with Crippen LogP contribution in [0.4, 0.5) is 0 Å². The monoisotopic (exact) mass is 234 g/mol. The van der Waals surface area contributed by atoms with Crippen molar-refractivity contribution in [2.45, 2.75) is 69.5 Å². The molecule has 17 heavy (non-hydrogen) atoms. The molecule has 0 spiro atoms. The van der Waals surface area contributed by atoms with Crippen molar-refractivity contribution in [2.24, 2.45) is 5.73 Å². The average molecular weight is 234 g/mol. The van der Waals surface area contributed by atoms with Gasteiger partial charge in [-0.25, -0.2) is 0 Å². The standard InChI is InChI=1S/C14H22N2O/c1-2-3-4-5-6-14(17)16-12-7-8-13(16)10-11(15)9-12/h1,11-13H,3-10,15H2. The number of amides is 1. The van der Waals surface area contributed by atoms with Crippen LogP contribution in [-0.4, -0.2) is 28.9 Å². The van der Waals surface area contributed by atoms with E-state index in [9.17, 15) is 4.79 Å². The van der Waals surface area contributed by atoms with E-state index in [2.05, 4.69) is 10.8 Å². The van der Waals surface area contributed by atoms with Crippen molar-refractivity contribution in [3.05, 3.63) is 0 Å². The topological polar surface area (TPSA) is 46.3 Å². The molecular formula is C14H22N2O. The number of carbonyl (C=O) groups excluding carboxylic acids is 1. The Kier molecular flexibility index (Phi) is 4.06. The lowest BCUT2D eigenvalue weighted by atomic mass is 9.97. The van der Waals surface area contributed by atoms with Gasteiger partial charge in [0, 0.05) is 31.0 Å². The molecule has 2 rings (SSSR count). The van der Waals surface area contributed by atoms with Crippen LogP contribution >= 0.6 is 0 Å². The number of hydrogen-bond acceptors (Lipinski definition) is 2. The molecule has 0 aromatic rings. The lowest BCUT2D eigenvalue weighted by Gasteiger charge is -2.37. The number of hydrogen-bond donors (Lipinski definition) is 1. The largest absolute Gasteiger partial charge is 0.337 e. The van der Waals surface area contributed by atoms with E-state index >= 15 is 0 Å². The molecule has 0 aliphatic carbocycles. The summed E-state index contributed by atoms with van der Waals surface area (Å²) in [5, 5.41) is 0. The van der Waals surface area contributed by atoms with Crippen LogP contribution in [0, 0.1) is 12.3 Å². The average Bonchev–Trinajstić information content (AvgIpc) is 2.57. The van der Waals surface area contributed by atoms with Gasteiger partial charge in [0.05, 0.1) is 0 Å². The highest BCUT2D eigenvalue weighted by molar-refractivity contribution is 5.77. The lowest BCUT2D eigenvalue weighted by Crippen LogP contribution is -2.50. The van der Waals surface area contributed by atoms with Crippen molar-refractivity contribution >= 4 is 5.91 Å². The molecule has 2 unspecified atom stereocenters. The Morgan fingerprint density at radius 1 is 1.29 bits per heavy atom. The number of unbranched alkanes of at least 4 members (excludes halogenated alkanes) is 2. The van der Waals surface area contributed by atoms with Crippen LogP contribution < -0.4 is 5.73 Å². The highest BCUT2D eigenvalue weighted by atomic mass is 16.2. The third-order valence-electron chi connectivity index (χ3n) is 4.02.